The molecule has 1 aliphatic rings. The molecule has 18 heavy (non-hydrogen) atoms. The van der Waals surface area contributed by atoms with E-state index in [1.54, 1.807) is 31.2 Å². The molecule has 0 amide bonds. The maximum atomic E-state index is 11.4. The van der Waals surface area contributed by atoms with Crippen LogP contribution in [-0.2, 0) is 28.1 Å². The van der Waals surface area contributed by atoms with Crippen molar-refractivity contribution in [1.82, 2.24) is 0 Å². The van der Waals surface area contributed by atoms with E-state index in [2.05, 4.69) is 5.92 Å². The van der Waals surface area contributed by atoms with Gasteiger partial charge in [0.05, 0.1) is 0 Å². The van der Waals surface area contributed by atoms with Gasteiger partial charge in [-0.3, -0.25) is 0 Å². The van der Waals surface area contributed by atoms with Gasteiger partial charge >= 0.3 is 5.97 Å². The van der Waals surface area contributed by atoms with Crippen LogP contribution in [0.4, 0.5) is 0 Å². The summed E-state index contributed by atoms with van der Waals surface area (Å²) in [5.74, 6) is 0.444. The minimum atomic E-state index is -1.57. The van der Waals surface area contributed by atoms with Gasteiger partial charge in [0.15, 0.2) is 0 Å². The molecule has 1 aromatic carbocycles. The second-order valence-corrected chi connectivity index (χ2v) is 4.09. The van der Waals surface area contributed by atoms with Crippen LogP contribution < -0.4 is 0 Å². The predicted octanol–water partition coefficient (Wildman–Crippen LogP) is 1.70. The van der Waals surface area contributed by atoms with Crippen LogP contribution in [0.5, 0.6) is 0 Å². The molecule has 1 heterocycles. The van der Waals surface area contributed by atoms with Crippen molar-refractivity contribution < 1.29 is 33.2 Å². The zero-order valence-corrected chi connectivity index (χ0v) is 11.5. The predicted molar refractivity (Wildman–Crippen MR) is 63.7 cm³/mol. The number of cyclic esters (lactones) is 1. The number of terminal acetylenes is 1. The summed E-state index contributed by atoms with van der Waals surface area (Å²) in [5, 5.41) is 10.0. The van der Waals surface area contributed by atoms with Gasteiger partial charge < -0.3 is 9.84 Å². The third-order valence-corrected chi connectivity index (χ3v) is 2.78. The first kappa shape index (κ1) is 14.6. The van der Waals surface area contributed by atoms with Gasteiger partial charge in [0.25, 0.3) is 0 Å². The maximum absolute atomic E-state index is 11.4. The summed E-state index contributed by atoms with van der Waals surface area (Å²) in [4.78, 5) is 11.4. The van der Waals surface area contributed by atoms with E-state index in [1.165, 1.54) is 6.92 Å². The van der Waals surface area contributed by atoms with E-state index in [0.29, 0.717) is 11.1 Å². The number of carbonyl (C=O) groups is 1. The molecular formula is C14H12O3V. The van der Waals surface area contributed by atoms with Gasteiger partial charge in [0.2, 0.25) is 5.79 Å². The molecule has 1 N–H and O–H groups in total. The Morgan fingerprint density at radius 1 is 1.33 bits per heavy atom. The summed E-state index contributed by atoms with van der Waals surface area (Å²) in [7, 11) is 0. The maximum Gasteiger partial charge on any atom is 0.337 e. The molecule has 1 radical (unpaired) electrons. The molecule has 1 aromatic rings. The third-order valence-electron chi connectivity index (χ3n) is 2.78. The van der Waals surface area contributed by atoms with E-state index in [1.807, 2.05) is 0 Å². The Morgan fingerprint density at radius 3 is 2.28 bits per heavy atom. The van der Waals surface area contributed by atoms with Gasteiger partial charge in [-0.1, -0.05) is 18.1 Å². The van der Waals surface area contributed by atoms with Crippen LogP contribution in [0.1, 0.15) is 25.0 Å². The van der Waals surface area contributed by atoms with Crippen molar-refractivity contribution in [2.45, 2.75) is 19.6 Å². The molecule has 1 atom stereocenters. The molecule has 0 spiro atoms. The number of carbonyl (C=O) groups excluding carboxylic acids is 1. The van der Waals surface area contributed by atoms with Crippen molar-refractivity contribution in [2.75, 3.05) is 0 Å². The van der Waals surface area contributed by atoms with Gasteiger partial charge in [0, 0.05) is 42.2 Å². The van der Waals surface area contributed by atoms with E-state index in [9.17, 15) is 9.90 Å². The molecule has 0 aliphatic carbocycles. The van der Waals surface area contributed by atoms with Crippen LogP contribution in [0, 0.1) is 12.3 Å². The second-order valence-electron chi connectivity index (χ2n) is 4.09. The Labute approximate surface area is 118 Å². The topological polar surface area (TPSA) is 46.5 Å². The SMILES string of the molecule is C#Cc1ccc(C2=C(C)C(=O)OC2(C)O)cc1.[V]. The molecule has 0 bridgehead atoms. The molecule has 4 heteroatoms. The van der Waals surface area contributed by atoms with E-state index in [-0.39, 0.29) is 18.6 Å². The average molecular weight is 279 g/mol. The number of hydrogen-bond donors (Lipinski definition) is 1. The second kappa shape index (κ2) is 5.03. The molecule has 0 saturated carbocycles. The Morgan fingerprint density at radius 2 is 1.89 bits per heavy atom. The fourth-order valence-corrected chi connectivity index (χ4v) is 1.98. The Balaban J connectivity index is 0.00000162. The molecular weight excluding hydrogens is 267 g/mol. The smallest absolute Gasteiger partial charge is 0.337 e. The quantitative estimate of drug-likeness (QED) is 0.628. The van der Waals surface area contributed by atoms with Gasteiger partial charge in [-0.05, 0) is 24.6 Å². The van der Waals surface area contributed by atoms with Crippen LogP contribution in [0.15, 0.2) is 29.8 Å². The molecule has 1 aliphatic heterocycles. The van der Waals surface area contributed by atoms with Crippen LogP contribution in [0.2, 0.25) is 0 Å². The molecule has 2 rings (SSSR count). The van der Waals surface area contributed by atoms with Gasteiger partial charge in [0.1, 0.15) is 0 Å². The molecule has 3 nitrogen and oxygen atoms in total. The number of rotatable bonds is 1. The van der Waals surface area contributed by atoms with Crippen molar-refractivity contribution in [2.24, 2.45) is 0 Å². The van der Waals surface area contributed by atoms with Crippen molar-refractivity contribution >= 4 is 11.5 Å². The Hall–Kier alpha value is -1.47. The van der Waals surface area contributed by atoms with E-state index >= 15 is 0 Å². The number of esters is 1. The zero-order chi connectivity index (χ0) is 12.6. The largest absolute Gasteiger partial charge is 0.426 e. The van der Waals surface area contributed by atoms with E-state index in [0.717, 1.165) is 11.1 Å². The first-order valence-electron chi connectivity index (χ1n) is 5.20. The summed E-state index contributed by atoms with van der Waals surface area (Å²) < 4.78 is 4.89. The fraction of sp³-hybridized carbons (Fsp3) is 0.214. The molecule has 1 unspecified atom stereocenters. The Kier molecular flexibility index (Phi) is 4.08. The van der Waals surface area contributed by atoms with Crippen LogP contribution in [0.25, 0.3) is 5.57 Å². The van der Waals surface area contributed by atoms with Crippen LogP contribution in [0.3, 0.4) is 0 Å². The van der Waals surface area contributed by atoms with Crippen LogP contribution >= 0.6 is 0 Å². The van der Waals surface area contributed by atoms with E-state index in [4.69, 9.17) is 11.2 Å². The molecule has 0 aromatic heterocycles. The van der Waals surface area contributed by atoms with Crippen molar-refractivity contribution in [3.8, 4) is 12.3 Å². The van der Waals surface area contributed by atoms with E-state index < -0.39 is 11.8 Å². The number of benzene rings is 1. The minimum Gasteiger partial charge on any atom is -0.426 e. The summed E-state index contributed by atoms with van der Waals surface area (Å²) in [6, 6.07) is 7.05. The number of ether oxygens (including phenoxy) is 1. The average Bonchev–Trinajstić information content (AvgIpc) is 2.48. The molecule has 91 valence electrons. The zero-order valence-electron chi connectivity index (χ0n) is 10.1. The van der Waals surface area contributed by atoms with Crippen LogP contribution in [-0.4, -0.2) is 16.9 Å². The normalized spacial score (nSPS) is 22.2. The first-order valence-corrected chi connectivity index (χ1v) is 5.20. The van der Waals surface area contributed by atoms with Crippen molar-refractivity contribution in [3.63, 3.8) is 0 Å². The molecule has 0 saturated heterocycles. The van der Waals surface area contributed by atoms with Crippen molar-refractivity contribution in [1.29, 1.82) is 0 Å². The summed E-state index contributed by atoms with van der Waals surface area (Å²) in [6.45, 7) is 3.08. The summed E-state index contributed by atoms with van der Waals surface area (Å²) in [6.07, 6.45) is 5.27. The van der Waals surface area contributed by atoms with Gasteiger partial charge in [-0.25, -0.2) is 4.79 Å². The van der Waals surface area contributed by atoms with Gasteiger partial charge in [-0.15, -0.1) is 6.42 Å². The third kappa shape index (κ3) is 2.37. The summed E-state index contributed by atoms with van der Waals surface area (Å²) >= 11 is 0. The molecule has 0 fully saturated rings. The van der Waals surface area contributed by atoms with Crippen molar-refractivity contribution in [3.05, 3.63) is 41.0 Å². The summed E-state index contributed by atoms with van der Waals surface area (Å²) in [5.41, 5.74) is 2.39. The minimum absolute atomic E-state index is 0. The monoisotopic (exact) mass is 279 g/mol. The Bertz CT molecular complexity index is 547. The number of hydrogen-bond acceptors (Lipinski definition) is 3. The van der Waals surface area contributed by atoms with Gasteiger partial charge in [-0.2, -0.15) is 0 Å². The first-order chi connectivity index (χ1) is 7.95. The standard InChI is InChI=1S/C14H12O3.V/c1-4-10-5-7-11(8-6-10)12-9(2)13(15)17-14(12,3)16;/h1,5-8,16H,2-3H3;. The number of aliphatic hydroxyl groups is 1. The fourth-order valence-electron chi connectivity index (χ4n) is 1.98.